The van der Waals surface area contributed by atoms with Crippen LogP contribution in [-0.4, -0.2) is 20.8 Å². The highest BCUT2D eigenvalue weighted by Gasteiger charge is 2.32. The van der Waals surface area contributed by atoms with Crippen LogP contribution in [0.2, 0.25) is 0 Å². The molecule has 2 heterocycles. The molecule has 108 valence electrons. The molecule has 0 radical (unpaired) electrons. The van der Waals surface area contributed by atoms with Gasteiger partial charge in [0.1, 0.15) is 12.2 Å². The lowest BCUT2D eigenvalue weighted by Crippen LogP contribution is -2.25. The number of alkyl halides is 3. The summed E-state index contributed by atoms with van der Waals surface area (Å²) in [6, 6.07) is 3.42. The molecule has 2 N–H and O–H groups in total. The standard InChI is InChI=1S/C12H11F3N4.ClH/c13-12(14,15)8-1-2-10-7(3-8)4-9(16)5-11-18-17-6-19(10)11;/h1-3,6,9H,4-5,16H2;1H. The zero-order chi connectivity index (χ0) is 13.6. The number of hydrogen-bond acceptors (Lipinski definition) is 3. The van der Waals surface area contributed by atoms with Gasteiger partial charge in [-0.05, 0) is 30.2 Å². The zero-order valence-electron chi connectivity index (χ0n) is 10.3. The van der Waals surface area contributed by atoms with Crippen LogP contribution in [0.15, 0.2) is 24.5 Å². The van der Waals surface area contributed by atoms with Gasteiger partial charge < -0.3 is 5.73 Å². The van der Waals surface area contributed by atoms with Crippen LogP contribution >= 0.6 is 12.4 Å². The maximum atomic E-state index is 12.7. The van der Waals surface area contributed by atoms with Crippen molar-refractivity contribution < 1.29 is 13.2 Å². The fraction of sp³-hybridized carbons (Fsp3) is 0.333. The predicted octanol–water partition coefficient (Wildman–Crippen LogP) is 2.13. The molecule has 2 aromatic rings. The number of nitrogens with two attached hydrogens (primary N) is 1. The second-order valence-corrected chi connectivity index (χ2v) is 4.63. The van der Waals surface area contributed by atoms with Gasteiger partial charge in [0.25, 0.3) is 0 Å². The summed E-state index contributed by atoms with van der Waals surface area (Å²) in [6.45, 7) is 0. The molecule has 0 saturated heterocycles. The van der Waals surface area contributed by atoms with E-state index in [1.165, 1.54) is 12.4 Å². The summed E-state index contributed by atoms with van der Waals surface area (Å²) < 4.78 is 39.9. The van der Waals surface area contributed by atoms with Gasteiger partial charge in [0.15, 0.2) is 0 Å². The van der Waals surface area contributed by atoms with Crippen LogP contribution in [0.1, 0.15) is 17.0 Å². The first-order chi connectivity index (χ1) is 8.95. The lowest BCUT2D eigenvalue weighted by atomic mass is 10.0. The Kier molecular flexibility index (Phi) is 3.75. The molecule has 1 unspecified atom stereocenters. The van der Waals surface area contributed by atoms with Crippen molar-refractivity contribution in [3.63, 3.8) is 0 Å². The van der Waals surface area contributed by atoms with E-state index in [0.29, 0.717) is 29.9 Å². The van der Waals surface area contributed by atoms with Crippen molar-refractivity contribution in [3.05, 3.63) is 41.5 Å². The monoisotopic (exact) mass is 304 g/mol. The van der Waals surface area contributed by atoms with Crippen LogP contribution in [0.5, 0.6) is 0 Å². The largest absolute Gasteiger partial charge is 0.416 e. The van der Waals surface area contributed by atoms with E-state index in [1.807, 2.05) is 0 Å². The van der Waals surface area contributed by atoms with Crippen LogP contribution in [0, 0.1) is 0 Å². The van der Waals surface area contributed by atoms with Crippen LogP contribution in [-0.2, 0) is 19.0 Å². The summed E-state index contributed by atoms with van der Waals surface area (Å²) in [5, 5.41) is 7.73. The third-order valence-corrected chi connectivity index (χ3v) is 3.21. The number of rotatable bonds is 0. The van der Waals surface area contributed by atoms with Crippen molar-refractivity contribution in [3.8, 4) is 5.69 Å². The van der Waals surface area contributed by atoms with Gasteiger partial charge in [0.05, 0.1) is 11.3 Å². The van der Waals surface area contributed by atoms with Gasteiger partial charge >= 0.3 is 6.18 Å². The first kappa shape index (κ1) is 14.8. The van der Waals surface area contributed by atoms with E-state index < -0.39 is 11.7 Å². The van der Waals surface area contributed by atoms with Crippen molar-refractivity contribution in [2.45, 2.75) is 25.1 Å². The van der Waals surface area contributed by atoms with E-state index in [4.69, 9.17) is 5.73 Å². The van der Waals surface area contributed by atoms with Gasteiger partial charge in [-0.3, -0.25) is 4.57 Å². The van der Waals surface area contributed by atoms with E-state index >= 15 is 0 Å². The smallest absolute Gasteiger partial charge is 0.327 e. The van der Waals surface area contributed by atoms with Gasteiger partial charge in [-0.25, -0.2) is 0 Å². The number of nitrogens with zero attached hydrogens (tertiary/aromatic N) is 3. The van der Waals surface area contributed by atoms with Crippen LogP contribution in [0.3, 0.4) is 0 Å². The summed E-state index contributed by atoms with van der Waals surface area (Å²) in [6.07, 6.45) is -1.96. The molecule has 1 aliphatic rings. The Bertz CT molecular complexity index is 623. The van der Waals surface area contributed by atoms with Crippen LogP contribution in [0.4, 0.5) is 13.2 Å². The van der Waals surface area contributed by atoms with E-state index in [1.54, 1.807) is 4.57 Å². The molecule has 20 heavy (non-hydrogen) atoms. The maximum Gasteiger partial charge on any atom is 0.416 e. The van der Waals surface area contributed by atoms with Crippen molar-refractivity contribution in [2.75, 3.05) is 0 Å². The molecule has 3 rings (SSSR count). The molecule has 0 bridgehead atoms. The van der Waals surface area contributed by atoms with Crippen molar-refractivity contribution in [1.82, 2.24) is 14.8 Å². The molecule has 0 spiro atoms. The summed E-state index contributed by atoms with van der Waals surface area (Å²) in [5.74, 6) is 0.672. The Morgan fingerprint density at radius 2 is 2.00 bits per heavy atom. The van der Waals surface area contributed by atoms with Gasteiger partial charge in [-0.1, -0.05) is 0 Å². The molecule has 0 saturated carbocycles. The minimum Gasteiger partial charge on any atom is -0.327 e. The molecule has 1 aromatic heterocycles. The summed E-state index contributed by atoms with van der Waals surface area (Å²) in [4.78, 5) is 0. The minimum absolute atomic E-state index is 0. The van der Waals surface area contributed by atoms with E-state index in [2.05, 4.69) is 10.2 Å². The molecule has 4 nitrogen and oxygen atoms in total. The highest BCUT2D eigenvalue weighted by Crippen LogP contribution is 2.32. The van der Waals surface area contributed by atoms with Crippen molar-refractivity contribution in [1.29, 1.82) is 0 Å². The Balaban J connectivity index is 0.00000147. The minimum atomic E-state index is -4.35. The maximum absolute atomic E-state index is 12.7. The molecule has 8 heteroatoms. The van der Waals surface area contributed by atoms with E-state index in [9.17, 15) is 13.2 Å². The Morgan fingerprint density at radius 3 is 2.70 bits per heavy atom. The van der Waals surface area contributed by atoms with E-state index in [0.717, 1.165) is 12.1 Å². The van der Waals surface area contributed by atoms with Gasteiger partial charge in [0.2, 0.25) is 0 Å². The van der Waals surface area contributed by atoms with Gasteiger partial charge in [0, 0.05) is 12.5 Å². The van der Waals surface area contributed by atoms with Gasteiger partial charge in [-0.15, -0.1) is 22.6 Å². The lowest BCUT2D eigenvalue weighted by Gasteiger charge is -2.13. The SMILES string of the molecule is Cl.NC1Cc2cc(C(F)(F)F)ccc2-n2cnnc2C1. The quantitative estimate of drug-likeness (QED) is 0.811. The average molecular weight is 305 g/mol. The van der Waals surface area contributed by atoms with Crippen LogP contribution in [0.25, 0.3) is 5.69 Å². The Morgan fingerprint density at radius 1 is 1.25 bits per heavy atom. The Labute approximate surface area is 119 Å². The highest BCUT2D eigenvalue weighted by atomic mass is 35.5. The Hall–Kier alpha value is -1.60. The molecule has 0 amide bonds. The first-order valence-corrected chi connectivity index (χ1v) is 5.80. The zero-order valence-corrected chi connectivity index (χ0v) is 11.1. The predicted molar refractivity (Wildman–Crippen MR) is 69.0 cm³/mol. The molecule has 1 aliphatic heterocycles. The molecule has 0 aliphatic carbocycles. The van der Waals surface area contributed by atoms with Crippen LogP contribution < -0.4 is 5.73 Å². The third-order valence-electron chi connectivity index (χ3n) is 3.21. The molecule has 1 atom stereocenters. The third kappa shape index (κ3) is 2.51. The van der Waals surface area contributed by atoms with Gasteiger partial charge in [-0.2, -0.15) is 13.2 Å². The lowest BCUT2D eigenvalue weighted by molar-refractivity contribution is -0.137. The normalized spacial score (nSPS) is 17.7. The summed E-state index contributed by atoms with van der Waals surface area (Å²) in [7, 11) is 0. The molecular weight excluding hydrogens is 293 g/mol. The topological polar surface area (TPSA) is 56.7 Å². The highest BCUT2D eigenvalue weighted by molar-refractivity contribution is 5.85. The van der Waals surface area contributed by atoms with Crippen molar-refractivity contribution >= 4 is 12.4 Å². The number of aromatic nitrogens is 3. The fourth-order valence-electron chi connectivity index (χ4n) is 2.35. The molecule has 1 aromatic carbocycles. The van der Waals surface area contributed by atoms with Crippen molar-refractivity contribution in [2.24, 2.45) is 5.73 Å². The fourth-order valence-corrected chi connectivity index (χ4v) is 2.35. The second-order valence-electron chi connectivity index (χ2n) is 4.63. The molecular formula is C12H12ClF3N4. The second kappa shape index (κ2) is 5.06. The first-order valence-electron chi connectivity index (χ1n) is 5.80. The summed E-state index contributed by atoms with van der Waals surface area (Å²) in [5.41, 5.74) is 6.50. The average Bonchev–Trinajstić information content (AvgIpc) is 2.70. The number of fused-ring (bicyclic) bond motifs is 3. The number of hydrogen-bond donors (Lipinski definition) is 1. The number of halogens is 4. The number of benzene rings is 1. The molecule has 0 fully saturated rings. The summed E-state index contributed by atoms with van der Waals surface area (Å²) >= 11 is 0. The van der Waals surface area contributed by atoms with E-state index in [-0.39, 0.29) is 18.4 Å².